The normalized spacial score (nSPS) is 13.1. The van der Waals surface area contributed by atoms with Gasteiger partial charge in [-0.2, -0.15) is 4.98 Å². The maximum absolute atomic E-state index is 6.02. The Morgan fingerprint density at radius 1 is 1.24 bits per heavy atom. The number of nitrogens with two attached hydrogens (primary N) is 1. The van der Waals surface area contributed by atoms with Crippen molar-refractivity contribution in [2.24, 2.45) is 11.7 Å². The van der Waals surface area contributed by atoms with Gasteiger partial charge in [-0.05, 0) is 18.1 Å². The molecular formula is C15H19N5O. The molecule has 0 bridgehead atoms. The summed E-state index contributed by atoms with van der Waals surface area (Å²) in [5.41, 5.74) is 7.97. The molecule has 3 aromatic rings. The molecule has 1 atom stereocenters. The number of rotatable bonds is 5. The number of nitrogens with one attached hydrogen (secondary N) is 1. The second-order valence-corrected chi connectivity index (χ2v) is 5.59. The fourth-order valence-electron chi connectivity index (χ4n) is 2.12. The summed E-state index contributed by atoms with van der Waals surface area (Å²) in [5, 5.41) is 3.99. The molecule has 21 heavy (non-hydrogen) atoms. The number of aromatic nitrogens is 4. The van der Waals surface area contributed by atoms with E-state index in [9.17, 15) is 0 Å². The third kappa shape index (κ3) is 3.11. The van der Waals surface area contributed by atoms with E-state index in [0.717, 1.165) is 16.9 Å². The molecule has 6 nitrogen and oxygen atoms in total. The van der Waals surface area contributed by atoms with E-state index in [1.165, 1.54) is 0 Å². The molecule has 0 aliphatic carbocycles. The first-order valence-electron chi connectivity index (χ1n) is 7.12. The zero-order chi connectivity index (χ0) is 14.8. The highest BCUT2D eigenvalue weighted by Crippen LogP contribution is 2.13. The van der Waals surface area contributed by atoms with Crippen molar-refractivity contribution in [1.29, 1.82) is 0 Å². The summed E-state index contributed by atoms with van der Waals surface area (Å²) in [6, 6.07) is 7.94. The van der Waals surface area contributed by atoms with Crippen LogP contribution in [0.5, 0.6) is 0 Å². The van der Waals surface area contributed by atoms with Crippen LogP contribution in [-0.4, -0.2) is 26.2 Å². The molecule has 0 aliphatic heterocycles. The van der Waals surface area contributed by atoms with Gasteiger partial charge < -0.3 is 15.2 Å². The number of benzene rings is 1. The molecule has 2 aromatic heterocycles. The topological polar surface area (TPSA) is 93.6 Å². The highest BCUT2D eigenvalue weighted by molar-refractivity contribution is 5.74. The van der Waals surface area contributed by atoms with Gasteiger partial charge >= 0.3 is 0 Å². The van der Waals surface area contributed by atoms with E-state index in [2.05, 4.69) is 34.0 Å². The van der Waals surface area contributed by atoms with E-state index in [0.29, 0.717) is 30.5 Å². The number of fused-ring (bicyclic) bond motifs is 1. The fourth-order valence-corrected chi connectivity index (χ4v) is 2.12. The van der Waals surface area contributed by atoms with E-state index >= 15 is 0 Å². The Morgan fingerprint density at radius 2 is 2.05 bits per heavy atom. The number of imidazole rings is 1. The van der Waals surface area contributed by atoms with Gasteiger partial charge in [0.15, 0.2) is 5.82 Å². The Labute approximate surface area is 122 Å². The second-order valence-electron chi connectivity index (χ2n) is 5.59. The molecule has 2 heterocycles. The maximum atomic E-state index is 6.02. The van der Waals surface area contributed by atoms with Crippen LogP contribution in [0.3, 0.4) is 0 Å². The van der Waals surface area contributed by atoms with E-state index in [1.54, 1.807) is 0 Å². The minimum Gasteiger partial charge on any atom is -0.342 e. The van der Waals surface area contributed by atoms with Crippen molar-refractivity contribution in [1.82, 2.24) is 20.1 Å². The molecule has 0 aliphatic rings. The van der Waals surface area contributed by atoms with Gasteiger partial charge in [-0.15, -0.1) is 0 Å². The molecule has 0 fully saturated rings. The number of H-pyrrole nitrogens is 1. The van der Waals surface area contributed by atoms with Crippen molar-refractivity contribution < 1.29 is 4.52 Å². The van der Waals surface area contributed by atoms with Gasteiger partial charge in [0.2, 0.25) is 5.89 Å². The van der Waals surface area contributed by atoms with E-state index in [1.807, 2.05) is 24.3 Å². The third-order valence-electron chi connectivity index (χ3n) is 3.54. The summed E-state index contributed by atoms with van der Waals surface area (Å²) in [7, 11) is 0. The summed E-state index contributed by atoms with van der Waals surface area (Å²) in [4.78, 5) is 12.1. The minimum atomic E-state index is 0.0319. The van der Waals surface area contributed by atoms with E-state index < -0.39 is 0 Å². The minimum absolute atomic E-state index is 0.0319. The summed E-state index contributed by atoms with van der Waals surface area (Å²) < 4.78 is 5.25. The van der Waals surface area contributed by atoms with Gasteiger partial charge in [0.25, 0.3) is 0 Å². The molecule has 0 radical (unpaired) electrons. The Balaban J connectivity index is 1.72. The van der Waals surface area contributed by atoms with E-state index in [4.69, 9.17) is 10.3 Å². The van der Waals surface area contributed by atoms with Gasteiger partial charge in [-0.1, -0.05) is 31.1 Å². The van der Waals surface area contributed by atoms with Crippen molar-refractivity contribution in [3.63, 3.8) is 0 Å². The third-order valence-corrected chi connectivity index (χ3v) is 3.54. The number of para-hydroxylation sites is 2. The first-order chi connectivity index (χ1) is 10.1. The lowest BCUT2D eigenvalue weighted by Gasteiger charge is -2.11. The molecule has 0 saturated carbocycles. The number of nitrogens with zero attached hydrogens (tertiary/aromatic N) is 3. The highest BCUT2D eigenvalue weighted by atomic mass is 16.5. The van der Waals surface area contributed by atoms with Gasteiger partial charge in [0, 0.05) is 12.5 Å². The van der Waals surface area contributed by atoms with Crippen LogP contribution < -0.4 is 5.73 Å². The highest BCUT2D eigenvalue weighted by Gasteiger charge is 2.15. The standard InChI is InChI=1S/C15H19N5O/c1-9(2)10(16)7-15-19-14(20-21-15)8-13-17-11-5-3-4-6-12(11)18-13/h3-6,9-10H,7-8,16H2,1-2H3,(H,17,18). The lowest BCUT2D eigenvalue weighted by Crippen LogP contribution is -2.28. The molecular weight excluding hydrogens is 266 g/mol. The Kier molecular flexibility index (Phi) is 3.70. The van der Waals surface area contributed by atoms with Crippen LogP contribution >= 0.6 is 0 Å². The fraction of sp³-hybridized carbons (Fsp3) is 0.400. The first-order valence-corrected chi connectivity index (χ1v) is 7.12. The Bertz CT molecular complexity index is 697. The SMILES string of the molecule is CC(C)C(N)Cc1nc(Cc2nc3ccccc3[nH]2)no1. The average Bonchev–Trinajstić information content (AvgIpc) is 3.05. The van der Waals surface area contributed by atoms with Crippen molar-refractivity contribution in [2.45, 2.75) is 32.7 Å². The zero-order valence-electron chi connectivity index (χ0n) is 12.2. The van der Waals surface area contributed by atoms with Crippen LogP contribution in [0.15, 0.2) is 28.8 Å². The second kappa shape index (κ2) is 5.65. The molecule has 0 amide bonds. The van der Waals surface area contributed by atoms with Crippen molar-refractivity contribution >= 4 is 11.0 Å². The number of aromatic amines is 1. The van der Waals surface area contributed by atoms with Crippen LogP contribution in [0.4, 0.5) is 0 Å². The van der Waals surface area contributed by atoms with Crippen molar-refractivity contribution in [3.8, 4) is 0 Å². The molecule has 3 N–H and O–H groups in total. The van der Waals surface area contributed by atoms with Crippen LogP contribution in [0.1, 0.15) is 31.4 Å². The monoisotopic (exact) mass is 285 g/mol. The maximum Gasteiger partial charge on any atom is 0.228 e. The summed E-state index contributed by atoms with van der Waals surface area (Å²) in [6.45, 7) is 4.16. The predicted molar refractivity (Wildman–Crippen MR) is 79.7 cm³/mol. The summed E-state index contributed by atoms with van der Waals surface area (Å²) in [6.07, 6.45) is 1.12. The smallest absolute Gasteiger partial charge is 0.228 e. The number of hydrogen-bond acceptors (Lipinski definition) is 5. The summed E-state index contributed by atoms with van der Waals surface area (Å²) in [5.74, 6) is 2.43. The van der Waals surface area contributed by atoms with Crippen molar-refractivity contribution in [2.75, 3.05) is 0 Å². The predicted octanol–water partition coefficient (Wildman–Crippen LogP) is 2.06. The lowest BCUT2D eigenvalue weighted by molar-refractivity contribution is 0.350. The van der Waals surface area contributed by atoms with E-state index in [-0.39, 0.29) is 6.04 Å². The molecule has 1 aromatic carbocycles. The first kappa shape index (κ1) is 13.8. The Hall–Kier alpha value is -2.21. The molecule has 1 unspecified atom stereocenters. The van der Waals surface area contributed by atoms with Crippen molar-refractivity contribution in [3.05, 3.63) is 41.8 Å². The zero-order valence-corrected chi connectivity index (χ0v) is 12.2. The Morgan fingerprint density at radius 3 is 2.81 bits per heavy atom. The molecule has 3 rings (SSSR count). The van der Waals surface area contributed by atoms with Gasteiger partial charge in [0.05, 0.1) is 17.5 Å². The largest absolute Gasteiger partial charge is 0.342 e. The van der Waals surface area contributed by atoms with Gasteiger partial charge in [0.1, 0.15) is 5.82 Å². The molecule has 0 spiro atoms. The lowest BCUT2D eigenvalue weighted by atomic mass is 10.0. The molecule has 0 saturated heterocycles. The number of hydrogen-bond donors (Lipinski definition) is 2. The van der Waals surface area contributed by atoms with Crippen LogP contribution in [0, 0.1) is 5.92 Å². The molecule has 110 valence electrons. The van der Waals surface area contributed by atoms with Crippen LogP contribution in [-0.2, 0) is 12.8 Å². The molecule has 6 heteroatoms. The van der Waals surface area contributed by atoms with Gasteiger partial charge in [-0.3, -0.25) is 0 Å². The van der Waals surface area contributed by atoms with Gasteiger partial charge in [-0.25, -0.2) is 4.98 Å². The quantitative estimate of drug-likeness (QED) is 0.748. The van der Waals surface area contributed by atoms with Crippen LogP contribution in [0.25, 0.3) is 11.0 Å². The average molecular weight is 285 g/mol. The summed E-state index contributed by atoms with van der Waals surface area (Å²) >= 11 is 0. The van der Waals surface area contributed by atoms with Crippen LogP contribution in [0.2, 0.25) is 0 Å².